The molecule has 1 fully saturated rings. The minimum Gasteiger partial charge on any atom is -0.480 e. The molecular formula is C16H23BrN2O2. The second kappa shape index (κ2) is 7.38. The van der Waals surface area contributed by atoms with Crippen LogP contribution in [0.15, 0.2) is 22.7 Å². The van der Waals surface area contributed by atoms with E-state index in [0.717, 1.165) is 30.4 Å². The summed E-state index contributed by atoms with van der Waals surface area (Å²) in [4.78, 5) is 12.9. The fourth-order valence-corrected chi connectivity index (χ4v) is 3.31. The van der Waals surface area contributed by atoms with Gasteiger partial charge in [-0.05, 0) is 49.6 Å². The molecule has 0 bridgehead atoms. The molecule has 0 radical (unpaired) electrons. The Morgan fingerprint density at radius 1 is 1.48 bits per heavy atom. The second-order valence-electron chi connectivity index (χ2n) is 5.73. The number of nitrogens with one attached hydrogen (secondary N) is 1. The van der Waals surface area contributed by atoms with Crippen LogP contribution in [0.4, 0.5) is 0 Å². The van der Waals surface area contributed by atoms with E-state index in [-0.39, 0.29) is 6.54 Å². The Bertz CT molecular complexity index is 501. The molecule has 1 aromatic carbocycles. The van der Waals surface area contributed by atoms with E-state index in [4.69, 9.17) is 5.11 Å². The highest BCUT2D eigenvalue weighted by molar-refractivity contribution is 9.10. The first kappa shape index (κ1) is 16.5. The average molecular weight is 355 g/mol. The van der Waals surface area contributed by atoms with Gasteiger partial charge in [0.25, 0.3) is 0 Å². The molecule has 1 aromatic rings. The maximum absolute atomic E-state index is 10.8. The van der Waals surface area contributed by atoms with E-state index in [0.29, 0.717) is 12.1 Å². The number of hydrogen-bond acceptors (Lipinski definition) is 3. The molecule has 5 heteroatoms. The van der Waals surface area contributed by atoms with Crippen molar-refractivity contribution in [2.24, 2.45) is 0 Å². The second-order valence-corrected chi connectivity index (χ2v) is 6.65. The molecule has 1 saturated carbocycles. The molecule has 116 valence electrons. The molecule has 2 rings (SSSR count). The molecule has 0 unspecified atom stereocenters. The maximum atomic E-state index is 10.8. The summed E-state index contributed by atoms with van der Waals surface area (Å²) in [7, 11) is 0. The Labute approximate surface area is 134 Å². The van der Waals surface area contributed by atoms with Crippen molar-refractivity contribution in [1.29, 1.82) is 0 Å². The van der Waals surface area contributed by atoms with Crippen molar-refractivity contribution in [1.82, 2.24) is 10.2 Å². The van der Waals surface area contributed by atoms with E-state index in [1.165, 1.54) is 11.1 Å². The molecule has 21 heavy (non-hydrogen) atoms. The number of carbonyl (C=O) groups is 1. The quantitative estimate of drug-likeness (QED) is 0.790. The summed E-state index contributed by atoms with van der Waals surface area (Å²) in [6.45, 7) is 5.97. The van der Waals surface area contributed by atoms with Gasteiger partial charge in [-0.3, -0.25) is 9.69 Å². The summed E-state index contributed by atoms with van der Waals surface area (Å²) in [5.74, 6) is -0.737. The topological polar surface area (TPSA) is 52.6 Å². The summed E-state index contributed by atoms with van der Waals surface area (Å²) < 4.78 is 1.11. The highest BCUT2D eigenvalue weighted by Gasteiger charge is 2.33. The fourth-order valence-electron chi connectivity index (χ4n) is 2.84. The molecular weight excluding hydrogens is 332 g/mol. The number of likely N-dealkylation sites (N-methyl/N-ethyl adjacent to an activating group) is 1. The van der Waals surface area contributed by atoms with E-state index in [1.807, 2.05) is 11.8 Å². The number of rotatable bonds is 7. The molecule has 4 nitrogen and oxygen atoms in total. The van der Waals surface area contributed by atoms with Gasteiger partial charge in [0.1, 0.15) is 0 Å². The van der Waals surface area contributed by atoms with E-state index in [2.05, 4.69) is 46.4 Å². The molecule has 0 atom stereocenters. The molecule has 0 heterocycles. The van der Waals surface area contributed by atoms with E-state index < -0.39 is 5.97 Å². The summed E-state index contributed by atoms with van der Waals surface area (Å²) in [6, 6.07) is 7.26. The molecule has 0 aromatic heterocycles. The minimum atomic E-state index is -0.737. The first-order valence-electron chi connectivity index (χ1n) is 7.43. The Kier molecular flexibility index (Phi) is 5.79. The Morgan fingerprint density at radius 3 is 2.76 bits per heavy atom. The van der Waals surface area contributed by atoms with Crippen LogP contribution in [-0.2, 0) is 11.3 Å². The van der Waals surface area contributed by atoms with Crippen LogP contribution in [0.25, 0.3) is 0 Å². The molecule has 2 N–H and O–H groups in total. The van der Waals surface area contributed by atoms with Gasteiger partial charge in [-0.15, -0.1) is 0 Å². The SMILES string of the molecule is CCN(CC(=O)O)C1CC(NCc2ccc(Br)cc2C)C1. The Hall–Kier alpha value is -0.910. The number of halogens is 1. The lowest BCUT2D eigenvalue weighted by Crippen LogP contribution is -2.53. The fraction of sp³-hybridized carbons (Fsp3) is 0.562. The Balaban J connectivity index is 1.76. The van der Waals surface area contributed by atoms with Gasteiger partial charge in [0, 0.05) is 23.1 Å². The van der Waals surface area contributed by atoms with Crippen molar-refractivity contribution in [3.63, 3.8) is 0 Å². The van der Waals surface area contributed by atoms with Crippen molar-refractivity contribution in [2.45, 2.75) is 45.3 Å². The van der Waals surface area contributed by atoms with Gasteiger partial charge in [-0.1, -0.05) is 28.9 Å². The van der Waals surface area contributed by atoms with Crippen LogP contribution in [0.5, 0.6) is 0 Å². The van der Waals surface area contributed by atoms with Crippen molar-refractivity contribution in [2.75, 3.05) is 13.1 Å². The van der Waals surface area contributed by atoms with Crippen LogP contribution in [0.2, 0.25) is 0 Å². The van der Waals surface area contributed by atoms with Crippen LogP contribution in [0.3, 0.4) is 0 Å². The molecule has 0 spiro atoms. The van der Waals surface area contributed by atoms with Crippen molar-refractivity contribution in [3.05, 3.63) is 33.8 Å². The normalized spacial score (nSPS) is 21.3. The molecule has 1 aliphatic rings. The smallest absolute Gasteiger partial charge is 0.317 e. The summed E-state index contributed by atoms with van der Waals surface area (Å²) in [5.41, 5.74) is 2.60. The number of aryl methyl sites for hydroxylation is 1. The maximum Gasteiger partial charge on any atom is 0.317 e. The number of carboxylic acid groups (broad SMARTS) is 1. The van der Waals surface area contributed by atoms with Gasteiger partial charge >= 0.3 is 5.97 Å². The highest BCUT2D eigenvalue weighted by Crippen LogP contribution is 2.26. The molecule has 0 saturated heterocycles. The zero-order valence-electron chi connectivity index (χ0n) is 12.6. The highest BCUT2D eigenvalue weighted by atomic mass is 79.9. The van der Waals surface area contributed by atoms with E-state index in [1.54, 1.807) is 0 Å². The third-order valence-electron chi connectivity index (χ3n) is 4.26. The number of carboxylic acids is 1. The lowest BCUT2D eigenvalue weighted by atomic mass is 9.85. The van der Waals surface area contributed by atoms with E-state index in [9.17, 15) is 4.79 Å². The molecule has 0 aliphatic heterocycles. The van der Waals surface area contributed by atoms with Gasteiger partial charge in [-0.2, -0.15) is 0 Å². The standard InChI is InChI=1S/C16H23BrN2O2/c1-3-19(10-16(20)21)15-7-14(8-15)18-9-12-4-5-13(17)6-11(12)2/h4-6,14-15,18H,3,7-10H2,1-2H3,(H,20,21). The molecule has 0 amide bonds. The lowest BCUT2D eigenvalue weighted by Gasteiger charge is -2.42. The summed E-state index contributed by atoms with van der Waals surface area (Å²) in [6.07, 6.45) is 2.08. The monoisotopic (exact) mass is 354 g/mol. The number of nitrogens with zero attached hydrogens (tertiary/aromatic N) is 1. The number of hydrogen-bond donors (Lipinski definition) is 2. The average Bonchev–Trinajstić information content (AvgIpc) is 2.37. The van der Waals surface area contributed by atoms with Crippen molar-refractivity contribution in [3.8, 4) is 0 Å². The third kappa shape index (κ3) is 4.53. The number of benzene rings is 1. The van der Waals surface area contributed by atoms with Crippen LogP contribution >= 0.6 is 15.9 Å². The van der Waals surface area contributed by atoms with Crippen LogP contribution in [0.1, 0.15) is 30.9 Å². The zero-order chi connectivity index (χ0) is 15.4. The van der Waals surface area contributed by atoms with Crippen LogP contribution in [0, 0.1) is 6.92 Å². The predicted molar refractivity (Wildman–Crippen MR) is 87.4 cm³/mol. The largest absolute Gasteiger partial charge is 0.480 e. The minimum absolute atomic E-state index is 0.152. The van der Waals surface area contributed by atoms with Crippen molar-refractivity contribution >= 4 is 21.9 Å². The number of aliphatic carboxylic acids is 1. The molecule has 1 aliphatic carbocycles. The van der Waals surface area contributed by atoms with Crippen LogP contribution in [-0.4, -0.2) is 41.1 Å². The van der Waals surface area contributed by atoms with Gasteiger partial charge in [-0.25, -0.2) is 0 Å². The first-order chi connectivity index (χ1) is 9.99. The third-order valence-corrected chi connectivity index (χ3v) is 4.75. The zero-order valence-corrected chi connectivity index (χ0v) is 14.2. The van der Waals surface area contributed by atoms with Crippen LogP contribution < -0.4 is 5.32 Å². The summed E-state index contributed by atoms with van der Waals surface area (Å²) >= 11 is 3.48. The van der Waals surface area contributed by atoms with E-state index >= 15 is 0 Å². The lowest BCUT2D eigenvalue weighted by molar-refractivity contribution is -0.139. The van der Waals surface area contributed by atoms with Gasteiger partial charge in [0.15, 0.2) is 0 Å². The van der Waals surface area contributed by atoms with Gasteiger partial charge < -0.3 is 10.4 Å². The van der Waals surface area contributed by atoms with Gasteiger partial charge in [0.2, 0.25) is 0 Å². The Morgan fingerprint density at radius 2 is 2.19 bits per heavy atom. The van der Waals surface area contributed by atoms with Crippen molar-refractivity contribution < 1.29 is 9.90 Å². The predicted octanol–water partition coefficient (Wildman–Crippen LogP) is 2.78. The van der Waals surface area contributed by atoms with Gasteiger partial charge in [0.05, 0.1) is 6.54 Å². The summed E-state index contributed by atoms with van der Waals surface area (Å²) in [5, 5.41) is 12.5. The first-order valence-corrected chi connectivity index (χ1v) is 8.23.